The Balaban J connectivity index is 1.75. The smallest absolute Gasteiger partial charge is 0.244 e. The van der Waals surface area contributed by atoms with Crippen molar-refractivity contribution >= 4 is 44.3 Å². The predicted molar refractivity (Wildman–Crippen MR) is 102 cm³/mol. The van der Waals surface area contributed by atoms with Crippen LogP contribution in [0.3, 0.4) is 0 Å². The Morgan fingerprint density at radius 2 is 1.80 bits per heavy atom. The molecule has 1 aromatic heterocycles. The highest BCUT2D eigenvalue weighted by Crippen LogP contribution is 2.30. The molecule has 0 aliphatic heterocycles. The number of anilines is 1. The first kappa shape index (κ1) is 17.2. The largest absolute Gasteiger partial charge is 0.369 e. The molecule has 0 saturated heterocycles. The third kappa shape index (κ3) is 3.74. The third-order valence-corrected chi connectivity index (χ3v) is 5.07. The molecule has 0 unspecified atom stereocenters. The van der Waals surface area contributed by atoms with E-state index < -0.39 is 0 Å². The molecule has 1 heterocycles. The number of carbonyl (C=O) groups is 2. The van der Waals surface area contributed by atoms with Crippen LogP contribution in [0, 0.1) is 6.92 Å². The minimum atomic E-state index is -0.377. The number of nitrogens with two attached hydrogens (primary N) is 1. The van der Waals surface area contributed by atoms with Gasteiger partial charge in [0.15, 0.2) is 0 Å². The van der Waals surface area contributed by atoms with Gasteiger partial charge in [0.2, 0.25) is 11.8 Å². The van der Waals surface area contributed by atoms with Crippen LogP contribution in [0.4, 0.5) is 5.69 Å². The fourth-order valence-corrected chi connectivity index (χ4v) is 3.39. The normalized spacial score (nSPS) is 10.8. The lowest BCUT2D eigenvalue weighted by molar-refractivity contribution is -0.118. The Kier molecular flexibility index (Phi) is 4.90. The average molecular weight is 400 g/mol. The Hall–Kier alpha value is -2.60. The van der Waals surface area contributed by atoms with Crippen molar-refractivity contribution in [1.82, 2.24) is 4.57 Å². The van der Waals surface area contributed by atoms with Crippen molar-refractivity contribution in [3.63, 3.8) is 0 Å². The first-order valence-corrected chi connectivity index (χ1v) is 8.65. The lowest BCUT2D eigenvalue weighted by atomic mass is 10.1. The van der Waals surface area contributed by atoms with Crippen LogP contribution in [0.1, 0.15) is 11.3 Å². The number of hydrogen-bond donors (Lipinski definition) is 2. The van der Waals surface area contributed by atoms with E-state index in [9.17, 15) is 9.59 Å². The van der Waals surface area contributed by atoms with Crippen molar-refractivity contribution in [3.05, 3.63) is 64.3 Å². The number of para-hydroxylation sites is 1. The van der Waals surface area contributed by atoms with Crippen molar-refractivity contribution in [2.75, 3.05) is 5.32 Å². The molecule has 0 saturated carbocycles. The van der Waals surface area contributed by atoms with Crippen LogP contribution in [0.5, 0.6) is 0 Å². The van der Waals surface area contributed by atoms with Gasteiger partial charge in [0.25, 0.3) is 0 Å². The number of primary amides is 1. The van der Waals surface area contributed by atoms with Gasteiger partial charge in [0.05, 0.1) is 6.42 Å². The maximum absolute atomic E-state index is 12.4. The number of nitrogens with one attached hydrogen (secondary N) is 1. The van der Waals surface area contributed by atoms with Crippen LogP contribution in [0.15, 0.2) is 53.0 Å². The molecule has 6 heteroatoms. The van der Waals surface area contributed by atoms with E-state index in [0.29, 0.717) is 5.69 Å². The lowest BCUT2D eigenvalue weighted by Gasteiger charge is -2.10. The zero-order chi connectivity index (χ0) is 18.0. The van der Waals surface area contributed by atoms with Crippen LogP contribution in [-0.2, 0) is 22.6 Å². The summed E-state index contributed by atoms with van der Waals surface area (Å²) in [6.45, 7) is 2.21. The first-order chi connectivity index (χ1) is 12.0. The van der Waals surface area contributed by atoms with E-state index in [2.05, 4.69) is 21.2 Å². The summed E-state index contributed by atoms with van der Waals surface area (Å²) < 4.78 is 2.99. The third-order valence-electron chi connectivity index (χ3n) is 4.07. The predicted octanol–water partition coefficient (Wildman–Crippen LogP) is 3.38. The van der Waals surface area contributed by atoms with Gasteiger partial charge >= 0.3 is 0 Å². The molecule has 3 N–H and O–H groups in total. The molecule has 0 aliphatic rings. The van der Waals surface area contributed by atoms with Gasteiger partial charge in [-0.05, 0) is 46.6 Å². The number of halogens is 1. The van der Waals surface area contributed by atoms with Gasteiger partial charge in [-0.2, -0.15) is 0 Å². The van der Waals surface area contributed by atoms with E-state index in [1.807, 2.05) is 35.8 Å². The SMILES string of the molecule is Cc1c(Br)c2ccccc2n1CC(=O)Nc1ccc(CC(N)=O)cc1. The summed E-state index contributed by atoms with van der Waals surface area (Å²) in [5, 5.41) is 3.97. The Bertz CT molecular complexity index is 945. The molecule has 128 valence electrons. The standard InChI is InChI=1S/C19H18BrN3O2/c1-12-19(20)15-4-2-3-5-16(15)23(12)11-18(25)22-14-8-6-13(7-9-14)10-17(21)24/h2-9H,10-11H2,1H3,(H2,21,24)(H,22,25). The summed E-state index contributed by atoms with van der Waals surface area (Å²) in [6.07, 6.45) is 0.191. The van der Waals surface area contributed by atoms with E-state index in [0.717, 1.165) is 26.6 Å². The number of rotatable bonds is 5. The summed E-state index contributed by atoms with van der Waals surface area (Å²) in [5.41, 5.74) is 8.70. The minimum Gasteiger partial charge on any atom is -0.369 e. The Morgan fingerprint density at radius 1 is 1.12 bits per heavy atom. The fourth-order valence-electron chi connectivity index (χ4n) is 2.84. The second-order valence-corrected chi connectivity index (χ2v) is 6.68. The second kappa shape index (κ2) is 7.11. The molecule has 3 rings (SSSR count). The summed E-state index contributed by atoms with van der Waals surface area (Å²) >= 11 is 3.60. The minimum absolute atomic E-state index is 0.112. The molecule has 0 bridgehead atoms. The van der Waals surface area contributed by atoms with E-state index in [-0.39, 0.29) is 24.8 Å². The van der Waals surface area contributed by atoms with Crippen molar-refractivity contribution in [2.24, 2.45) is 5.73 Å². The molecule has 5 nitrogen and oxygen atoms in total. The summed E-state index contributed by atoms with van der Waals surface area (Å²) in [5.74, 6) is -0.490. The van der Waals surface area contributed by atoms with Crippen molar-refractivity contribution in [1.29, 1.82) is 0 Å². The number of fused-ring (bicyclic) bond motifs is 1. The molecule has 0 radical (unpaired) electrons. The Morgan fingerprint density at radius 3 is 2.48 bits per heavy atom. The molecular formula is C19H18BrN3O2. The highest BCUT2D eigenvalue weighted by Gasteiger charge is 2.14. The van der Waals surface area contributed by atoms with Crippen LogP contribution in [0.2, 0.25) is 0 Å². The zero-order valence-corrected chi connectivity index (χ0v) is 15.3. The fraction of sp³-hybridized carbons (Fsp3) is 0.158. The van der Waals surface area contributed by atoms with Crippen LogP contribution in [0.25, 0.3) is 10.9 Å². The number of hydrogen-bond acceptors (Lipinski definition) is 2. The molecular weight excluding hydrogens is 382 g/mol. The van der Waals surface area contributed by atoms with Crippen molar-refractivity contribution in [2.45, 2.75) is 19.9 Å². The van der Waals surface area contributed by atoms with Gasteiger partial charge in [0, 0.05) is 26.8 Å². The van der Waals surface area contributed by atoms with Gasteiger partial charge in [-0.3, -0.25) is 9.59 Å². The summed E-state index contributed by atoms with van der Waals surface area (Å²) in [6, 6.07) is 15.1. The highest BCUT2D eigenvalue weighted by molar-refractivity contribution is 9.10. The molecule has 2 amide bonds. The number of amides is 2. The van der Waals surface area contributed by atoms with Gasteiger partial charge < -0.3 is 15.6 Å². The maximum atomic E-state index is 12.4. The first-order valence-electron chi connectivity index (χ1n) is 7.86. The van der Waals surface area contributed by atoms with Crippen LogP contribution < -0.4 is 11.1 Å². The van der Waals surface area contributed by atoms with E-state index in [4.69, 9.17) is 5.73 Å². The van der Waals surface area contributed by atoms with Crippen molar-refractivity contribution in [3.8, 4) is 0 Å². The van der Waals surface area contributed by atoms with Gasteiger partial charge in [-0.25, -0.2) is 0 Å². The average Bonchev–Trinajstić information content (AvgIpc) is 2.82. The van der Waals surface area contributed by atoms with Crippen LogP contribution >= 0.6 is 15.9 Å². The monoisotopic (exact) mass is 399 g/mol. The lowest BCUT2D eigenvalue weighted by Crippen LogP contribution is -2.19. The topological polar surface area (TPSA) is 77.1 Å². The number of nitrogens with zero attached hydrogens (tertiary/aromatic N) is 1. The molecule has 25 heavy (non-hydrogen) atoms. The van der Waals surface area contributed by atoms with Gasteiger partial charge in [-0.15, -0.1) is 0 Å². The van der Waals surface area contributed by atoms with Gasteiger partial charge in [0.1, 0.15) is 6.54 Å². The molecule has 0 fully saturated rings. The molecule has 0 aliphatic carbocycles. The maximum Gasteiger partial charge on any atom is 0.244 e. The summed E-state index contributed by atoms with van der Waals surface area (Å²) in [7, 11) is 0. The number of benzene rings is 2. The van der Waals surface area contributed by atoms with Crippen LogP contribution in [-0.4, -0.2) is 16.4 Å². The summed E-state index contributed by atoms with van der Waals surface area (Å²) in [4.78, 5) is 23.3. The van der Waals surface area contributed by atoms with E-state index in [1.54, 1.807) is 24.3 Å². The van der Waals surface area contributed by atoms with Crippen molar-refractivity contribution < 1.29 is 9.59 Å². The molecule has 0 atom stereocenters. The number of aromatic nitrogens is 1. The quantitative estimate of drug-likeness (QED) is 0.689. The Labute approximate surface area is 153 Å². The highest BCUT2D eigenvalue weighted by atomic mass is 79.9. The molecule has 2 aromatic carbocycles. The number of carbonyl (C=O) groups excluding carboxylic acids is 2. The van der Waals surface area contributed by atoms with E-state index >= 15 is 0 Å². The van der Waals surface area contributed by atoms with E-state index in [1.165, 1.54) is 0 Å². The molecule has 0 spiro atoms. The van der Waals surface area contributed by atoms with Gasteiger partial charge in [-0.1, -0.05) is 30.3 Å². The molecule has 3 aromatic rings. The second-order valence-electron chi connectivity index (χ2n) is 5.89. The zero-order valence-electron chi connectivity index (χ0n) is 13.8.